The van der Waals surface area contributed by atoms with Crippen LogP contribution in [0.2, 0.25) is 0 Å². The van der Waals surface area contributed by atoms with Gasteiger partial charge in [-0.3, -0.25) is 0 Å². The van der Waals surface area contributed by atoms with E-state index >= 15 is 0 Å². The van der Waals surface area contributed by atoms with Gasteiger partial charge in [-0.05, 0) is 16.8 Å². The van der Waals surface area contributed by atoms with Crippen LogP contribution in [0.15, 0.2) is 12.2 Å². The molecule has 0 aromatic heterocycles. The Labute approximate surface area is 104 Å². The summed E-state index contributed by atoms with van der Waals surface area (Å²) < 4.78 is 59.5. The number of halogens is 3. The van der Waals surface area contributed by atoms with Gasteiger partial charge in [0.1, 0.15) is 6.54 Å². The number of carboxylic acid groups (broad SMARTS) is 2. The van der Waals surface area contributed by atoms with Crippen molar-refractivity contribution in [1.82, 2.24) is 0 Å². The van der Waals surface area contributed by atoms with Crippen LogP contribution in [0.3, 0.4) is 0 Å². The number of hydrogen-bond donors (Lipinski definition) is 2. The van der Waals surface area contributed by atoms with Crippen molar-refractivity contribution < 1.29 is 50.3 Å². The molecule has 0 saturated carbocycles. The molecule has 0 saturated heterocycles. The lowest BCUT2D eigenvalue weighted by molar-refractivity contribution is -1.02. The number of hydroxylamine groups is 3. The topological polar surface area (TPSA) is 118 Å². The van der Waals surface area contributed by atoms with E-state index in [2.05, 4.69) is 4.28 Å². The highest BCUT2D eigenvalue weighted by molar-refractivity contribution is 7.87. The van der Waals surface area contributed by atoms with Crippen molar-refractivity contribution in [2.24, 2.45) is 0 Å². The minimum absolute atomic E-state index is 0.738. The fraction of sp³-hybridized carbons (Fsp3) is 0.429. The molecule has 0 spiro atoms. The van der Waals surface area contributed by atoms with Gasteiger partial charge in [0.15, 0.2) is 0 Å². The van der Waals surface area contributed by atoms with Crippen LogP contribution < -0.4 is 0 Å². The predicted octanol–water partition coefficient (Wildman–Crippen LogP) is 0.285. The molecular formula is C7H7F3NO7S+. The largest absolute Gasteiger partial charge is 0.549 e. The zero-order valence-electron chi connectivity index (χ0n) is 8.86. The van der Waals surface area contributed by atoms with Gasteiger partial charge in [0, 0.05) is 0 Å². The zero-order chi connectivity index (χ0) is 15.1. The Bertz CT molecular complexity index is 539. The Morgan fingerprint density at radius 1 is 1.32 bits per heavy atom. The van der Waals surface area contributed by atoms with Crippen molar-refractivity contribution in [2.45, 2.75) is 11.6 Å². The van der Waals surface area contributed by atoms with Gasteiger partial charge in [0.25, 0.3) is 0 Å². The molecule has 2 atom stereocenters. The van der Waals surface area contributed by atoms with E-state index in [0.717, 1.165) is 12.2 Å². The van der Waals surface area contributed by atoms with Crippen LogP contribution in [0.25, 0.3) is 0 Å². The standard InChI is InChI=1S/C7H6F3NO7S/c8-7(9,10)19(16,17)18-11(6(14)15)3-1-2-4(11)5(12)13/h1-2,4H,3H2,(H-,12,13,14,15)/p+1. The number of nitrogens with zero attached hydrogens (tertiary/aromatic N) is 1. The molecule has 1 amide bonds. The Morgan fingerprint density at radius 2 is 1.84 bits per heavy atom. The van der Waals surface area contributed by atoms with Crippen LogP contribution in [0.5, 0.6) is 0 Å². The second-order valence-electron chi connectivity index (χ2n) is 3.45. The molecule has 0 radical (unpaired) electrons. The molecule has 8 nitrogen and oxygen atoms in total. The average molecular weight is 306 g/mol. The van der Waals surface area contributed by atoms with Crippen LogP contribution in [0.1, 0.15) is 0 Å². The van der Waals surface area contributed by atoms with Gasteiger partial charge >= 0.3 is 27.7 Å². The van der Waals surface area contributed by atoms with E-state index in [0.29, 0.717) is 0 Å². The number of carboxylic acids is 1. The Morgan fingerprint density at radius 3 is 2.21 bits per heavy atom. The summed E-state index contributed by atoms with van der Waals surface area (Å²) in [5.74, 6) is -1.84. The third-order valence-corrected chi connectivity index (χ3v) is 3.26. The third kappa shape index (κ3) is 2.54. The molecule has 0 aliphatic carbocycles. The van der Waals surface area contributed by atoms with Crippen LogP contribution in [0.4, 0.5) is 18.0 Å². The highest BCUT2D eigenvalue weighted by atomic mass is 32.2. The van der Waals surface area contributed by atoms with Gasteiger partial charge in [0.05, 0.1) is 0 Å². The lowest BCUT2D eigenvalue weighted by atomic mass is 10.3. The Hall–Kier alpha value is -1.66. The molecule has 1 heterocycles. The lowest BCUT2D eigenvalue weighted by Crippen LogP contribution is -2.60. The summed E-state index contributed by atoms with van der Waals surface area (Å²) in [6.45, 7) is -0.873. The molecule has 2 unspecified atom stereocenters. The first-order chi connectivity index (χ1) is 8.44. The zero-order valence-corrected chi connectivity index (χ0v) is 9.68. The van der Waals surface area contributed by atoms with E-state index in [-0.39, 0.29) is 0 Å². The summed E-state index contributed by atoms with van der Waals surface area (Å²) in [5, 5.41) is 17.5. The summed E-state index contributed by atoms with van der Waals surface area (Å²) in [6, 6.07) is -2.10. The first kappa shape index (κ1) is 15.4. The van der Waals surface area contributed by atoms with Crippen molar-refractivity contribution in [3.05, 3.63) is 12.2 Å². The number of aliphatic carboxylic acids is 1. The van der Waals surface area contributed by atoms with E-state index in [1.807, 2.05) is 0 Å². The van der Waals surface area contributed by atoms with Gasteiger partial charge in [-0.25, -0.2) is 4.79 Å². The average Bonchev–Trinajstić information content (AvgIpc) is 2.60. The van der Waals surface area contributed by atoms with E-state index in [1.54, 1.807) is 0 Å². The molecule has 1 aliphatic heterocycles. The SMILES string of the molecule is O=C(O)C1C=CC[N+]1(OS(=O)(=O)C(F)(F)F)C(=O)O. The van der Waals surface area contributed by atoms with Crippen molar-refractivity contribution in [2.75, 3.05) is 6.54 Å². The molecule has 108 valence electrons. The lowest BCUT2D eigenvalue weighted by Gasteiger charge is -2.27. The second kappa shape index (κ2) is 4.47. The minimum atomic E-state index is -6.26. The Balaban J connectivity index is 3.26. The Kier molecular flexibility index (Phi) is 3.62. The number of carbonyl (C=O) groups is 2. The normalized spacial score (nSPS) is 27.4. The number of alkyl halides is 3. The molecule has 0 aromatic rings. The van der Waals surface area contributed by atoms with Crippen molar-refractivity contribution in [1.29, 1.82) is 0 Å². The van der Waals surface area contributed by atoms with E-state index in [1.165, 1.54) is 0 Å². The first-order valence-electron chi connectivity index (χ1n) is 4.47. The van der Waals surface area contributed by atoms with E-state index in [4.69, 9.17) is 10.2 Å². The highest BCUT2D eigenvalue weighted by Crippen LogP contribution is 2.32. The van der Waals surface area contributed by atoms with Gasteiger partial charge in [-0.1, -0.05) is 4.28 Å². The van der Waals surface area contributed by atoms with Gasteiger partial charge < -0.3 is 10.2 Å². The van der Waals surface area contributed by atoms with Gasteiger partial charge in [-0.2, -0.15) is 26.4 Å². The van der Waals surface area contributed by atoms with E-state index in [9.17, 15) is 31.2 Å². The molecule has 0 aromatic carbocycles. The second-order valence-corrected chi connectivity index (χ2v) is 4.97. The summed E-state index contributed by atoms with van der Waals surface area (Å²) >= 11 is 0. The number of hydrogen-bond acceptors (Lipinski definition) is 5. The summed E-state index contributed by atoms with van der Waals surface area (Å²) in [7, 11) is -6.26. The van der Waals surface area contributed by atoms with Crippen molar-refractivity contribution >= 4 is 22.2 Å². The van der Waals surface area contributed by atoms with Crippen LogP contribution in [-0.2, 0) is 19.2 Å². The minimum Gasteiger partial charge on any atom is -0.476 e. The maximum absolute atomic E-state index is 12.2. The molecule has 1 rings (SSSR count). The highest BCUT2D eigenvalue weighted by Gasteiger charge is 2.61. The van der Waals surface area contributed by atoms with Crippen LogP contribution >= 0.6 is 0 Å². The number of rotatable bonds is 3. The molecule has 2 N–H and O–H groups in total. The quantitative estimate of drug-likeness (QED) is 0.437. The summed E-state index contributed by atoms with van der Waals surface area (Å²) in [5.41, 5.74) is -5.86. The molecular weight excluding hydrogens is 299 g/mol. The fourth-order valence-corrected chi connectivity index (χ4v) is 2.03. The van der Waals surface area contributed by atoms with Crippen molar-refractivity contribution in [3.8, 4) is 0 Å². The number of quaternary nitrogens is 1. The molecule has 0 fully saturated rings. The maximum Gasteiger partial charge on any atom is 0.549 e. The summed E-state index contributed by atoms with van der Waals surface area (Å²) in [4.78, 5) is 21.7. The van der Waals surface area contributed by atoms with E-state index < -0.39 is 44.9 Å². The molecule has 12 heteroatoms. The predicted molar refractivity (Wildman–Crippen MR) is 49.8 cm³/mol. The smallest absolute Gasteiger partial charge is 0.476 e. The first-order valence-corrected chi connectivity index (χ1v) is 5.88. The monoisotopic (exact) mass is 306 g/mol. The third-order valence-electron chi connectivity index (χ3n) is 2.24. The van der Waals surface area contributed by atoms with Crippen LogP contribution in [-0.4, -0.2) is 53.4 Å². The molecule has 1 aliphatic rings. The summed E-state index contributed by atoms with van der Waals surface area (Å²) in [6.07, 6.45) is -0.536. The van der Waals surface area contributed by atoms with Gasteiger partial charge in [0.2, 0.25) is 6.04 Å². The number of amides is 1. The van der Waals surface area contributed by atoms with Crippen molar-refractivity contribution in [3.63, 3.8) is 0 Å². The molecule has 0 bridgehead atoms. The van der Waals surface area contributed by atoms with Gasteiger partial charge in [-0.15, -0.1) is 0 Å². The molecule has 19 heavy (non-hydrogen) atoms. The van der Waals surface area contributed by atoms with Crippen LogP contribution in [0, 0.1) is 0 Å². The fourth-order valence-electron chi connectivity index (χ4n) is 1.38. The maximum atomic E-state index is 12.2.